The second-order valence-corrected chi connectivity index (χ2v) is 8.93. The molecule has 1 atom stereocenters. The number of rotatable bonds is 4. The van der Waals surface area contributed by atoms with Crippen LogP contribution in [-0.2, 0) is 17.6 Å². The van der Waals surface area contributed by atoms with E-state index in [0.29, 0.717) is 22.2 Å². The van der Waals surface area contributed by atoms with Crippen LogP contribution in [0.1, 0.15) is 43.3 Å². The minimum absolute atomic E-state index is 0.00167. The van der Waals surface area contributed by atoms with Gasteiger partial charge in [-0.15, -0.1) is 11.3 Å². The molecule has 134 valence electrons. The number of fused-ring (bicyclic) bond motifs is 1. The number of benzene rings is 1. The summed E-state index contributed by atoms with van der Waals surface area (Å²) in [5.41, 5.74) is 2.58. The molecule has 1 N–H and O–H groups in total. The molecule has 0 spiro atoms. The summed E-state index contributed by atoms with van der Waals surface area (Å²) in [6, 6.07) is 7.69. The Bertz CT molecular complexity index is 761. The summed E-state index contributed by atoms with van der Waals surface area (Å²) in [6.07, 6.45) is 3.24. The monoisotopic (exact) mass is 358 g/mol. The van der Waals surface area contributed by atoms with Crippen LogP contribution in [0, 0.1) is 18.3 Å². The third-order valence-corrected chi connectivity index (χ3v) is 5.81. The predicted molar refractivity (Wildman–Crippen MR) is 102 cm³/mol. The predicted octanol–water partition coefficient (Wildman–Crippen LogP) is 4.62. The molecule has 1 heterocycles. The summed E-state index contributed by atoms with van der Waals surface area (Å²) < 4.78 is 5.55. The zero-order chi connectivity index (χ0) is 18.0. The molecule has 0 radical (unpaired) electrons. The van der Waals surface area contributed by atoms with Crippen LogP contribution in [0.3, 0.4) is 0 Å². The number of aryl methyl sites for hydroxylation is 2. The second kappa shape index (κ2) is 7.16. The molecule has 4 nitrogen and oxygen atoms in total. The van der Waals surface area contributed by atoms with Gasteiger partial charge in [-0.3, -0.25) is 10.1 Å². The van der Waals surface area contributed by atoms with Crippen molar-refractivity contribution in [2.45, 2.75) is 47.0 Å². The Morgan fingerprint density at radius 1 is 1.40 bits per heavy atom. The maximum absolute atomic E-state index is 12.1. The molecule has 25 heavy (non-hydrogen) atoms. The summed E-state index contributed by atoms with van der Waals surface area (Å²) >= 11 is 1.61. The van der Waals surface area contributed by atoms with E-state index in [9.17, 15) is 4.79 Å². The molecule has 1 aromatic carbocycles. The van der Waals surface area contributed by atoms with Gasteiger partial charge in [-0.2, -0.15) is 0 Å². The van der Waals surface area contributed by atoms with Gasteiger partial charge in [-0.1, -0.05) is 32.9 Å². The smallest absolute Gasteiger partial charge is 0.264 e. The lowest BCUT2D eigenvalue weighted by Crippen LogP contribution is -2.26. The highest BCUT2D eigenvalue weighted by molar-refractivity contribution is 7.15. The number of anilines is 1. The number of aromatic nitrogens is 1. The quantitative estimate of drug-likeness (QED) is 0.867. The van der Waals surface area contributed by atoms with Crippen molar-refractivity contribution in [1.82, 2.24) is 4.98 Å². The van der Waals surface area contributed by atoms with Gasteiger partial charge in [0.1, 0.15) is 5.75 Å². The van der Waals surface area contributed by atoms with E-state index in [1.807, 2.05) is 31.2 Å². The van der Waals surface area contributed by atoms with E-state index in [0.717, 1.165) is 24.1 Å². The first-order valence-electron chi connectivity index (χ1n) is 8.79. The molecular formula is C20H26N2O2S. The lowest BCUT2D eigenvalue weighted by molar-refractivity contribution is -0.118. The van der Waals surface area contributed by atoms with Crippen LogP contribution in [0.2, 0.25) is 0 Å². The van der Waals surface area contributed by atoms with E-state index in [4.69, 9.17) is 4.74 Å². The van der Waals surface area contributed by atoms with Gasteiger partial charge in [-0.05, 0) is 55.2 Å². The summed E-state index contributed by atoms with van der Waals surface area (Å²) in [5.74, 6) is 1.22. The van der Waals surface area contributed by atoms with E-state index < -0.39 is 0 Å². The fraction of sp³-hybridized carbons (Fsp3) is 0.500. The molecule has 0 aliphatic heterocycles. The highest BCUT2D eigenvalue weighted by atomic mass is 32.1. The van der Waals surface area contributed by atoms with Crippen LogP contribution in [0.4, 0.5) is 5.13 Å². The number of hydrogen-bond donors (Lipinski definition) is 1. The largest absolute Gasteiger partial charge is 0.484 e. The molecule has 0 saturated heterocycles. The Labute approximate surface area is 153 Å². The molecule has 1 aliphatic carbocycles. The molecule has 1 unspecified atom stereocenters. The average Bonchev–Trinajstić information content (AvgIpc) is 2.93. The van der Waals surface area contributed by atoms with E-state index in [1.165, 1.54) is 11.3 Å². The third kappa shape index (κ3) is 4.60. The SMILES string of the molecule is Cc1cccc(OCC(=O)Nc2nc3c(s2)CC(C(C)(C)C)CC3)c1. The van der Waals surface area contributed by atoms with Gasteiger partial charge < -0.3 is 4.74 Å². The van der Waals surface area contributed by atoms with Crippen molar-refractivity contribution in [3.05, 3.63) is 40.4 Å². The Morgan fingerprint density at radius 3 is 2.92 bits per heavy atom. The summed E-state index contributed by atoms with van der Waals surface area (Å²) in [4.78, 5) is 18.1. The van der Waals surface area contributed by atoms with Crippen LogP contribution in [-0.4, -0.2) is 17.5 Å². The zero-order valence-corrected chi connectivity index (χ0v) is 16.2. The van der Waals surface area contributed by atoms with Gasteiger partial charge in [-0.25, -0.2) is 4.98 Å². The van der Waals surface area contributed by atoms with E-state index in [-0.39, 0.29) is 12.5 Å². The fourth-order valence-electron chi connectivity index (χ4n) is 3.18. The van der Waals surface area contributed by atoms with Crippen molar-refractivity contribution in [1.29, 1.82) is 0 Å². The lowest BCUT2D eigenvalue weighted by Gasteiger charge is -2.33. The van der Waals surface area contributed by atoms with Gasteiger partial charge in [0.2, 0.25) is 0 Å². The molecule has 2 aromatic rings. The molecular weight excluding hydrogens is 332 g/mol. The van der Waals surface area contributed by atoms with Crippen LogP contribution in [0.5, 0.6) is 5.75 Å². The first-order chi connectivity index (χ1) is 11.8. The van der Waals surface area contributed by atoms with Crippen molar-refractivity contribution in [2.75, 3.05) is 11.9 Å². The average molecular weight is 359 g/mol. The minimum atomic E-state index is -0.167. The molecule has 0 bridgehead atoms. The Morgan fingerprint density at radius 2 is 2.20 bits per heavy atom. The van der Waals surface area contributed by atoms with Crippen molar-refractivity contribution in [3.8, 4) is 5.75 Å². The summed E-state index contributed by atoms with van der Waals surface area (Å²) in [7, 11) is 0. The molecule has 1 aromatic heterocycles. The number of carbonyl (C=O) groups excluding carboxylic acids is 1. The van der Waals surface area contributed by atoms with Crippen LogP contribution in [0.15, 0.2) is 24.3 Å². The van der Waals surface area contributed by atoms with Crippen molar-refractivity contribution in [2.24, 2.45) is 11.3 Å². The fourth-order valence-corrected chi connectivity index (χ4v) is 4.28. The maximum atomic E-state index is 12.1. The van der Waals surface area contributed by atoms with Gasteiger partial charge in [0.05, 0.1) is 5.69 Å². The Kier molecular flexibility index (Phi) is 5.13. The van der Waals surface area contributed by atoms with Crippen molar-refractivity contribution < 1.29 is 9.53 Å². The van der Waals surface area contributed by atoms with Crippen LogP contribution in [0.25, 0.3) is 0 Å². The van der Waals surface area contributed by atoms with Crippen LogP contribution < -0.4 is 10.1 Å². The summed E-state index contributed by atoms with van der Waals surface area (Å²) in [5, 5.41) is 3.57. The second-order valence-electron chi connectivity index (χ2n) is 7.85. The number of hydrogen-bond acceptors (Lipinski definition) is 4. The van der Waals surface area contributed by atoms with E-state index >= 15 is 0 Å². The third-order valence-electron chi connectivity index (χ3n) is 4.77. The molecule has 0 saturated carbocycles. The first kappa shape index (κ1) is 17.9. The highest BCUT2D eigenvalue weighted by Gasteiger charge is 2.30. The number of ether oxygens (including phenoxy) is 1. The Hall–Kier alpha value is -1.88. The summed E-state index contributed by atoms with van der Waals surface area (Å²) in [6.45, 7) is 8.90. The van der Waals surface area contributed by atoms with Crippen molar-refractivity contribution in [3.63, 3.8) is 0 Å². The molecule has 1 amide bonds. The Balaban J connectivity index is 1.57. The van der Waals surface area contributed by atoms with Gasteiger partial charge in [0.15, 0.2) is 11.7 Å². The highest BCUT2D eigenvalue weighted by Crippen LogP contribution is 2.40. The normalized spacial score (nSPS) is 17.0. The maximum Gasteiger partial charge on any atom is 0.264 e. The number of carbonyl (C=O) groups is 1. The minimum Gasteiger partial charge on any atom is -0.484 e. The molecule has 5 heteroatoms. The number of nitrogens with one attached hydrogen (secondary N) is 1. The van der Waals surface area contributed by atoms with Crippen LogP contribution >= 0.6 is 11.3 Å². The number of thiazole rings is 1. The lowest BCUT2D eigenvalue weighted by atomic mass is 9.73. The number of nitrogens with zero attached hydrogens (tertiary/aromatic N) is 1. The van der Waals surface area contributed by atoms with Crippen molar-refractivity contribution >= 4 is 22.4 Å². The van der Waals surface area contributed by atoms with Gasteiger partial charge in [0, 0.05) is 4.88 Å². The first-order valence-corrected chi connectivity index (χ1v) is 9.61. The molecule has 1 aliphatic rings. The molecule has 3 rings (SSSR count). The van der Waals surface area contributed by atoms with Gasteiger partial charge >= 0.3 is 0 Å². The van der Waals surface area contributed by atoms with Gasteiger partial charge in [0.25, 0.3) is 5.91 Å². The van der Waals surface area contributed by atoms with E-state index in [2.05, 4.69) is 31.1 Å². The zero-order valence-electron chi connectivity index (χ0n) is 15.4. The topological polar surface area (TPSA) is 51.2 Å². The molecule has 0 fully saturated rings. The van der Waals surface area contributed by atoms with E-state index in [1.54, 1.807) is 11.3 Å². The standard InChI is InChI=1S/C20H26N2O2S/c1-13-6-5-7-15(10-13)24-12-18(23)22-19-21-16-9-8-14(20(2,3)4)11-17(16)25-19/h5-7,10,14H,8-9,11-12H2,1-4H3,(H,21,22,23). The number of amides is 1.